The largest absolute Gasteiger partial charge is 0.394 e. The molecule has 6 nitrogen and oxygen atoms in total. The molecule has 0 aliphatic carbocycles. The van der Waals surface area contributed by atoms with Gasteiger partial charge in [-0.15, -0.1) is 0 Å². The predicted molar refractivity (Wildman–Crippen MR) is 97.2 cm³/mol. The molecular formula is C19H23N5O. The van der Waals surface area contributed by atoms with E-state index in [2.05, 4.69) is 26.3 Å². The van der Waals surface area contributed by atoms with Gasteiger partial charge in [0.1, 0.15) is 5.82 Å². The number of benzene rings is 1. The summed E-state index contributed by atoms with van der Waals surface area (Å²) in [6.45, 7) is 2.21. The maximum absolute atomic E-state index is 9.32. The van der Waals surface area contributed by atoms with Gasteiger partial charge in [0.15, 0.2) is 0 Å². The van der Waals surface area contributed by atoms with Gasteiger partial charge in [-0.1, -0.05) is 30.3 Å². The molecule has 130 valence electrons. The van der Waals surface area contributed by atoms with Crippen LogP contribution in [-0.2, 0) is 26.1 Å². The zero-order valence-corrected chi connectivity index (χ0v) is 14.2. The fourth-order valence-corrected chi connectivity index (χ4v) is 3.32. The maximum Gasteiger partial charge on any atom is 0.125 e. The van der Waals surface area contributed by atoms with Crippen molar-refractivity contribution in [3.05, 3.63) is 53.9 Å². The number of hydrogen-bond donors (Lipinski definition) is 2. The van der Waals surface area contributed by atoms with Gasteiger partial charge in [-0.05, 0) is 25.3 Å². The highest BCUT2D eigenvalue weighted by Crippen LogP contribution is 2.22. The smallest absolute Gasteiger partial charge is 0.125 e. The van der Waals surface area contributed by atoms with Crippen molar-refractivity contribution >= 4 is 5.82 Å². The molecular weight excluding hydrogens is 314 g/mol. The molecule has 3 heterocycles. The number of nitrogens with one attached hydrogen (secondary N) is 1. The molecule has 0 radical (unpaired) electrons. The minimum absolute atomic E-state index is 0.0589. The standard InChI is InChI=1S/C19H23N5O/c25-11-10-24-19(13-18(22-24)15-6-2-1-3-7-15)20-14-16-12-17-8-4-5-9-23(17)21-16/h1-3,6-7,12-13,20,25H,4-5,8-11,14H2. The molecule has 4 rings (SSSR count). The first-order valence-corrected chi connectivity index (χ1v) is 8.87. The Morgan fingerprint density at radius 1 is 1.08 bits per heavy atom. The van der Waals surface area contributed by atoms with Gasteiger partial charge in [0.05, 0.1) is 31.1 Å². The molecule has 6 heteroatoms. The Balaban J connectivity index is 1.53. The fraction of sp³-hybridized carbons (Fsp3) is 0.368. The third-order valence-electron chi connectivity index (χ3n) is 4.58. The van der Waals surface area contributed by atoms with E-state index in [4.69, 9.17) is 0 Å². The average molecular weight is 337 g/mol. The van der Waals surface area contributed by atoms with Crippen LogP contribution < -0.4 is 5.32 Å². The van der Waals surface area contributed by atoms with E-state index in [-0.39, 0.29) is 6.61 Å². The van der Waals surface area contributed by atoms with E-state index in [1.54, 1.807) is 0 Å². The zero-order chi connectivity index (χ0) is 17.1. The van der Waals surface area contributed by atoms with Crippen LogP contribution in [0.5, 0.6) is 0 Å². The van der Waals surface area contributed by atoms with Crippen LogP contribution in [0.25, 0.3) is 11.3 Å². The number of nitrogens with zero attached hydrogens (tertiary/aromatic N) is 4. The Labute approximate surface area is 147 Å². The van der Waals surface area contributed by atoms with Crippen molar-refractivity contribution in [1.29, 1.82) is 0 Å². The first-order chi connectivity index (χ1) is 12.3. The topological polar surface area (TPSA) is 67.9 Å². The molecule has 3 aromatic rings. The van der Waals surface area contributed by atoms with Crippen molar-refractivity contribution in [3.8, 4) is 11.3 Å². The normalized spacial score (nSPS) is 13.6. The van der Waals surface area contributed by atoms with Gasteiger partial charge >= 0.3 is 0 Å². The Bertz CT molecular complexity index is 813. The van der Waals surface area contributed by atoms with Crippen molar-refractivity contribution in [2.24, 2.45) is 0 Å². The summed E-state index contributed by atoms with van der Waals surface area (Å²) in [5, 5.41) is 22.0. The Hall–Kier alpha value is -2.60. The highest BCUT2D eigenvalue weighted by Gasteiger charge is 2.13. The van der Waals surface area contributed by atoms with Crippen molar-refractivity contribution in [2.75, 3.05) is 11.9 Å². The summed E-state index contributed by atoms with van der Waals surface area (Å²) in [6, 6.07) is 14.3. The summed E-state index contributed by atoms with van der Waals surface area (Å²) in [5.74, 6) is 0.902. The van der Waals surface area contributed by atoms with E-state index in [0.717, 1.165) is 35.7 Å². The maximum atomic E-state index is 9.32. The van der Waals surface area contributed by atoms with E-state index in [9.17, 15) is 5.11 Å². The lowest BCUT2D eigenvalue weighted by atomic mass is 10.1. The third kappa shape index (κ3) is 3.44. The summed E-state index contributed by atoms with van der Waals surface area (Å²) in [5.41, 5.74) is 4.35. The van der Waals surface area contributed by atoms with Gasteiger partial charge in [0.25, 0.3) is 0 Å². The average Bonchev–Trinajstić information content (AvgIpc) is 3.24. The lowest BCUT2D eigenvalue weighted by Crippen LogP contribution is -2.12. The second-order valence-corrected chi connectivity index (χ2v) is 6.39. The number of aliphatic hydroxyl groups excluding tert-OH is 1. The highest BCUT2D eigenvalue weighted by molar-refractivity contribution is 5.63. The van der Waals surface area contributed by atoms with E-state index in [1.807, 2.05) is 41.1 Å². The Kier molecular flexibility index (Phi) is 4.52. The molecule has 0 saturated carbocycles. The van der Waals surface area contributed by atoms with Crippen molar-refractivity contribution in [1.82, 2.24) is 19.6 Å². The van der Waals surface area contributed by atoms with Crippen LogP contribution in [0.4, 0.5) is 5.82 Å². The summed E-state index contributed by atoms with van der Waals surface area (Å²) in [4.78, 5) is 0. The molecule has 0 fully saturated rings. The first kappa shape index (κ1) is 15.9. The molecule has 1 aliphatic rings. The monoisotopic (exact) mass is 337 g/mol. The van der Waals surface area contributed by atoms with Gasteiger partial charge < -0.3 is 10.4 Å². The molecule has 0 amide bonds. The van der Waals surface area contributed by atoms with Gasteiger partial charge in [-0.2, -0.15) is 10.2 Å². The number of anilines is 1. The second-order valence-electron chi connectivity index (χ2n) is 6.39. The summed E-state index contributed by atoms with van der Waals surface area (Å²) in [7, 11) is 0. The van der Waals surface area contributed by atoms with Crippen LogP contribution in [0.3, 0.4) is 0 Å². The Morgan fingerprint density at radius 3 is 2.76 bits per heavy atom. The number of hydrogen-bond acceptors (Lipinski definition) is 4. The van der Waals surface area contributed by atoms with Crippen molar-refractivity contribution < 1.29 is 5.11 Å². The van der Waals surface area contributed by atoms with Crippen LogP contribution in [0.15, 0.2) is 42.5 Å². The summed E-state index contributed by atoms with van der Waals surface area (Å²) < 4.78 is 3.94. The Morgan fingerprint density at radius 2 is 1.96 bits per heavy atom. The van der Waals surface area contributed by atoms with E-state index in [1.165, 1.54) is 18.5 Å². The predicted octanol–water partition coefficient (Wildman–Crippen LogP) is 2.69. The van der Waals surface area contributed by atoms with E-state index < -0.39 is 0 Å². The number of aliphatic hydroxyl groups is 1. The molecule has 1 aromatic carbocycles. The molecule has 0 spiro atoms. The highest BCUT2D eigenvalue weighted by atomic mass is 16.3. The second kappa shape index (κ2) is 7.11. The van der Waals surface area contributed by atoms with Crippen LogP contribution in [0.2, 0.25) is 0 Å². The van der Waals surface area contributed by atoms with Gasteiger partial charge in [-0.3, -0.25) is 4.68 Å². The SMILES string of the molecule is OCCn1nc(-c2ccccc2)cc1NCc1cc2n(n1)CCCC2. The molecule has 0 unspecified atom stereocenters. The van der Waals surface area contributed by atoms with Gasteiger partial charge in [0, 0.05) is 23.9 Å². The fourth-order valence-electron chi connectivity index (χ4n) is 3.32. The third-order valence-corrected chi connectivity index (χ3v) is 4.58. The van der Waals surface area contributed by atoms with Crippen LogP contribution in [0, 0.1) is 0 Å². The van der Waals surface area contributed by atoms with E-state index >= 15 is 0 Å². The summed E-state index contributed by atoms with van der Waals surface area (Å²) >= 11 is 0. The first-order valence-electron chi connectivity index (χ1n) is 8.87. The van der Waals surface area contributed by atoms with Gasteiger partial charge in [-0.25, -0.2) is 4.68 Å². The summed E-state index contributed by atoms with van der Waals surface area (Å²) in [6.07, 6.45) is 3.58. The minimum atomic E-state index is 0.0589. The van der Waals surface area contributed by atoms with Crippen molar-refractivity contribution in [3.63, 3.8) is 0 Å². The molecule has 1 aliphatic heterocycles. The molecule has 2 N–H and O–H groups in total. The number of rotatable bonds is 6. The minimum Gasteiger partial charge on any atom is -0.394 e. The van der Waals surface area contributed by atoms with Crippen molar-refractivity contribution in [2.45, 2.75) is 38.9 Å². The number of aryl methyl sites for hydroxylation is 2. The molecule has 0 saturated heterocycles. The molecule has 25 heavy (non-hydrogen) atoms. The lowest BCUT2D eigenvalue weighted by Gasteiger charge is -2.11. The number of aromatic nitrogens is 4. The van der Waals surface area contributed by atoms with E-state index in [0.29, 0.717) is 13.1 Å². The molecule has 2 aromatic heterocycles. The quantitative estimate of drug-likeness (QED) is 0.726. The zero-order valence-electron chi connectivity index (χ0n) is 14.2. The van der Waals surface area contributed by atoms with Crippen LogP contribution >= 0.6 is 0 Å². The van der Waals surface area contributed by atoms with Gasteiger partial charge in [0.2, 0.25) is 0 Å². The van der Waals surface area contributed by atoms with Crippen LogP contribution in [-0.4, -0.2) is 31.3 Å². The molecule has 0 atom stereocenters. The molecule has 0 bridgehead atoms. The lowest BCUT2D eigenvalue weighted by molar-refractivity contribution is 0.270. The number of fused-ring (bicyclic) bond motifs is 1. The van der Waals surface area contributed by atoms with Crippen LogP contribution in [0.1, 0.15) is 24.2 Å².